The van der Waals surface area contributed by atoms with Gasteiger partial charge in [-0.1, -0.05) is 0 Å². The van der Waals surface area contributed by atoms with E-state index < -0.39 is 14.9 Å². The topological polar surface area (TPSA) is 142 Å². The molecule has 0 aliphatic heterocycles. The van der Waals surface area contributed by atoms with Gasteiger partial charge in [0.1, 0.15) is 24.2 Å². The Labute approximate surface area is 176 Å². The molecule has 31 heavy (non-hydrogen) atoms. The summed E-state index contributed by atoms with van der Waals surface area (Å²) in [5, 5.41) is 10.7. The highest BCUT2D eigenvalue weighted by atomic mass is 32.2. The van der Waals surface area contributed by atoms with Gasteiger partial charge in [-0.2, -0.15) is 0 Å². The maximum absolute atomic E-state index is 12.5. The van der Waals surface area contributed by atoms with Crippen molar-refractivity contribution in [3.63, 3.8) is 0 Å². The molecular weight excluding hydrogens is 424 g/mol. The van der Waals surface area contributed by atoms with Gasteiger partial charge in [-0.15, -0.1) is 0 Å². The molecule has 2 aromatic carbocycles. The first-order chi connectivity index (χ1) is 14.9. The molecule has 0 saturated heterocycles. The van der Waals surface area contributed by atoms with Gasteiger partial charge >= 0.3 is 0 Å². The normalized spacial score (nSPS) is 11.1. The van der Waals surface area contributed by atoms with Crippen LogP contribution in [0.1, 0.15) is 0 Å². The minimum Gasteiger partial charge on any atom is -0.439 e. The molecular formula is C19H14N6O5S. The molecule has 0 amide bonds. The maximum atomic E-state index is 12.5. The van der Waals surface area contributed by atoms with Crippen LogP contribution in [0.15, 0.2) is 84.5 Å². The van der Waals surface area contributed by atoms with Crippen LogP contribution >= 0.6 is 0 Å². The van der Waals surface area contributed by atoms with Crippen LogP contribution in [0.4, 0.5) is 11.4 Å². The average Bonchev–Trinajstić information content (AvgIpc) is 3.30. The molecule has 4 rings (SSSR count). The van der Waals surface area contributed by atoms with Crippen molar-refractivity contribution in [2.75, 3.05) is 4.72 Å². The second-order valence-electron chi connectivity index (χ2n) is 6.17. The number of non-ortho nitro benzene ring substituents is 1. The van der Waals surface area contributed by atoms with Crippen molar-refractivity contribution in [2.45, 2.75) is 4.90 Å². The third-order valence-corrected chi connectivity index (χ3v) is 5.48. The summed E-state index contributed by atoms with van der Waals surface area (Å²) < 4.78 is 34.8. The number of aromatic nitrogens is 4. The lowest BCUT2D eigenvalue weighted by Gasteiger charge is -2.10. The maximum Gasteiger partial charge on any atom is 0.269 e. The molecule has 2 aromatic heterocycles. The Kier molecular flexibility index (Phi) is 5.28. The van der Waals surface area contributed by atoms with E-state index in [2.05, 4.69) is 19.7 Å². The molecule has 11 nitrogen and oxygen atoms in total. The van der Waals surface area contributed by atoms with Gasteiger partial charge in [0.25, 0.3) is 15.7 Å². The fraction of sp³-hybridized carbons (Fsp3) is 0. The number of anilines is 1. The first-order valence-corrected chi connectivity index (χ1v) is 10.2. The zero-order valence-electron chi connectivity index (χ0n) is 15.7. The molecule has 156 valence electrons. The Bertz CT molecular complexity index is 1310. The van der Waals surface area contributed by atoms with Crippen molar-refractivity contribution in [2.24, 2.45) is 0 Å². The van der Waals surface area contributed by atoms with Crippen molar-refractivity contribution in [3.8, 4) is 17.4 Å². The molecule has 12 heteroatoms. The number of nitrogens with zero attached hydrogens (tertiary/aromatic N) is 5. The van der Waals surface area contributed by atoms with E-state index in [-0.39, 0.29) is 10.6 Å². The molecule has 0 bridgehead atoms. The summed E-state index contributed by atoms with van der Waals surface area (Å²) in [5.74, 6) is 1.32. The molecule has 0 spiro atoms. The largest absolute Gasteiger partial charge is 0.439 e. The fourth-order valence-electron chi connectivity index (χ4n) is 2.59. The van der Waals surface area contributed by atoms with Crippen LogP contribution in [0.5, 0.6) is 11.6 Å². The molecule has 0 unspecified atom stereocenters. The van der Waals surface area contributed by atoms with Gasteiger partial charge in [0, 0.05) is 36.3 Å². The van der Waals surface area contributed by atoms with Crippen molar-refractivity contribution in [3.05, 3.63) is 89.8 Å². The molecule has 0 aliphatic carbocycles. The highest BCUT2D eigenvalue weighted by molar-refractivity contribution is 7.92. The second-order valence-corrected chi connectivity index (χ2v) is 7.85. The number of nitro benzene ring substituents is 1. The van der Waals surface area contributed by atoms with E-state index in [0.717, 1.165) is 12.1 Å². The van der Waals surface area contributed by atoms with Crippen LogP contribution in [-0.4, -0.2) is 32.9 Å². The number of benzene rings is 2. The summed E-state index contributed by atoms with van der Waals surface area (Å²) in [7, 11) is -3.90. The number of nitrogens with one attached hydrogen (secondary N) is 1. The van der Waals surface area contributed by atoms with Crippen LogP contribution in [0.25, 0.3) is 5.82 Å². The van der Waals surface area contributed by atoms with E-state index in [9.17, 15) is 18.5 Å². The number of hydrogen-bond acceptors (Lipinski definition) is 8. The summed E-state index contributed by atoms with van der Waals surface area (Å²) in [6, 6.07) is 12.4. The average molecular weight is 438 g/mol. The Balaban J connectivity index is 1.46. The van der Waals surface area contributed by atoms with Crippen LogP contribution in [-0.2, 0) is 10.0 Å². The van der Waals surface area contributed by atoms with Crippen LogP contribution in [0.2, 0.25) is 0 Å². The predicted molar refractivity (Wildman–Crippen MR) is 110 cm³/mol. The van der Waals surface area contributed by atoms with E-state index in [4.69, 9.17) is 4.74 Å². The lowest BCUT2D eigenvalue weighted by molar-refractivity contribution is -0.384. The third-order valence-electron chi connectivity index (χ3n) is 4.08. The summed E-state index contributed by atoms with van der Waals surface area (Å²) in [6.07, 6.45) is 6.31. The number of rotatable bonds is 7. The van der Waals surface area contributed by atoms with Crippen LogP contribution < -0.4 is 9.46 Å². The molecule has 0 radical (unpaired) electrons. The van der Waals surface area contributed by atoms with E-state index in [1.54, 1.807) is 41.5 Å². The molecule has 2 heterocycles. The smallest absolute Gasteiger partial charge is 0.269 e. The monoisotopic (exact) mass is 438 g/mol. The molecule has 0 atom stereocenters. The van der Waals surface area contributed by atoms with E-state index in [1.165, 1.54) is 30.6 Å². The molecule has 0 fully saturated rings. The van der Waals surface area contributed by atoms with Gasteiger partial charge in [0.2, 0.25) is 5.88 Å². The summed E-state index contributed by atoms with van der Waals surface area (Å²) in [5.41, 5.74) is 0.105. The molecule has 0 saturated carbocycles. The van der Waals surface area contributed by atoms with Gasteiger partial charge in [-0.05, 0) is 36.4 Å². The first-order valence-electron chi connectivity index (χ1n) is 8.76. The third kappa shape index (κ3) is 4.64. The second kappa shape index (κ2) is 8.20. The summed E-state index contributed by atoms with van der Waals surface area (Å²) >= 11 is 0. The summed E-state index contributed by atoms with van der Waals surface area (Å²) in [4.78, 5) is 22.2. The zero-order valence-corrected chi connectivity index (χ0v) is 16.5. The SMILES string of the molecule is O=[N+]([O-])c1ccc(S(=O)(=O)Nc2ccc(Oc3cc(-n4ccnc4)ncn3)cc2)cc1. The Morgan fingerprint density at radius 1 is 1.03 bits per heavy atom. The van der Waals surface area contributed by atoms with Crippen LogP contribution in [0, 0.1) is 10.1 Å². The number of hydrogen-bond donors (Lipinski definition) is 1. The number of ether oxygens (including phenoxy) is 1. The highest BCUT2D eigenvalue weighted by Gasteiger charge is 2.16. The van der Waals surface area contributed by atoms with Crippen molar-refractivity contribution in [1.82, 2.24) is 19.5 Å². The number of sulfonamides is 1. The van der Waals surface area contributed by atoms with Gasteiger partial charge in [-0.3, -0.25) is 19.4 Å². The van der Waals surface area contributed by atoms with Crippen molar-refractivity contribution < 1.29 is 18.1 Å². The quantitative estimate of drug-likeness (QED) is 0.342. The molecule has 0 aliphatic rings. The zero-order chi connectivity index (χ0) is 21.8. The fourth-order valence-corrected chi connectivity index (χ4v) is 3.65. The minimum atomic E-state index is -3.90. The van der Waals surface area contributed by atoms with Crippen LogP contribution in [0.3, 0.4) is 0 Å². The van der Waals surface area contributed by atoms with E-state index in [0.29, 0.717) is 23.1 Å². The highest BCUT2D eigenvalue weighted by Crippen LogP contribution is 2.24. The number of imidazole rings is 1. The Morgan fingerprint density at radius 3 is 2.42 bits per heavy atom. The Hall–Kier alpha value is -4.32. The predicted octanol–water partition coefficient (Wildman–Crippen LogP) is 3.16. The van der Waals surface area contributed by atoms with Gasteiger partial charge in [0.15, 0.2) is 0 Å². The lowest BCUT2D eigenvalue weighted by atomic mass is 10.3. The van der Waals surface area contributed by atoms with E-state index in [1.807, 2.05) is 0 Å². The van der Waals surface area contributed by atoms with E-state index >= 15 is 0 Å². The summed E-state index contributed by atoms with van der Waals surface area (Å²) in [6.45, 7) is 0. The number of nitro groups is 1. The lowest BCUT2D eigenvalue weighted by Crippen LogP contribution is -2.12. The van der Waals surface area contributed by atoms with Crippen molar-refractivity contribution in [1.29, 1.82) is 0 Å². The minimum absolute atomic E-state index is 0.0913. The molecule has 4 aromatic rings. The first kappa shape index (κ1) is 20.0. The van der Waals surface area contributed by atoms with Gasteiger partial charge in [0.05, 0.1) is 9.82 Å². The Morgan fingerprint density at radius 2 is 1.77 bits per heavy atom. The van der Waals surface area contributed by atoms with Gasteiger partial charge < -0.3 is 4.74 Å². The van der Waals surface area contributed by atoms with Crippen molar-refractivity contribution >= 4 is 21.4 Å². The van der Waals surface area contributed by atoms with Gasteiger partial charge in [-0.25, -0.2) is 23.4 Å². The molecule has 1 N–H and O–H groups in total. The standard InChI is InChI=1S/C19H14N6O5S/c26-25(27)15-3-7-17(8-4-15)31(28,29)23-14-1-5-16(6-2-14)30-19-11-18(21-12-22-19)24-10-9-20-13-24/h1-13,23H.